The second-order valence-electron chi connectivity index (χ2n) is 5.28. The fraction of sp³-hybridized carbons (Fsp3) is 0.0556. The number of benzene rings is 2. The third-order valence-electron chi connectivity index (χ3n) is 3.43. The van der Waals surface area contributed by atoms with E-state index in [1.165, 1.54) is 6.07 Å². The highest BCUT2D eigenvalue weighted by molar-refractivity contribution is 9.10. The fourth-order valence-electron chi connectivity index (χ4n) is 2.21. The van der Waals surface area contributed by atoms with Crippen LogP contribution in [-0.2, 0) is 11.3 Å². The molecular weight excluding hydrogens is 406 g/mol. The maximum absolute atomic E-state index is 12.2. The van der Waals surface area contributed by atoms with Crippen LogP contribution in [0.5, 0.6) is 0 Å². The van der Waals surface area contributed by atoms with Crippen molar-refractivity contribution in [2.45, 2.75) is 6.54 Å². The molecule has 0 saturated carbocycles. The minimum atomic E-state index is -0.344. The smallest absolute Gasteiger partial charge is 0.267 e. The van der Waals surface area contributed by atoms with Crippen LogP contribution >= 0.6 is 27.5 Å². The van der Waals surface area contributed by atoms with Gasteiger partial charge in [0.2, 0.25) is 5.91 Å². The van der Waals surface area contributed by atoms with Gasteiger partial charge in [-0.2, -0.15) is 5.10 Å². The molecule has 25 heavy (non-hydrogen) atoms. The molecule has 7 heteroatoms. The molecule has 1 N–H and O–H groups in total. The van der Waals surface area contributed by atoms with Crippen LogP contribution in [-0.4, -0.2) is 15.7 Å². The summed E-state index contributed by atoms with van der Waals surface area (Å²) in [5, 5.41) is 7.61. The molecule has 5 nitrogen and oxygen atoms in total. The Bertz CT molecular complexity index is 953. The van der Waals surface area contributed by atoms with Gasteiger partial charge in [0, 0.05) is 26.8 Å². The molecule has 3 rings (SSSR count). The zero-order chi connectivity index (χ0) is 17.8. The van der Waals surface area contributed by atoms with E-state index in [0.717, 1.165) is 14.7 Å². The number of carbonyl (C=O) groups excluding carboxylic acids is 1. The number of aromatic nitrogens is 2. The number of halogens is 2. The Balaban J connectivity index is 1.78. The molecule has 1 aromatic heterocycles. The van der Waals surface area contributed by atoms with Gasteiger partial charge in [0.1, 0.15) is 6.54 Å². The van der Waals surface area contributed by atoms with Crippen molar-refractivity contribution in [1.29, 1.82) is 0 Å². The van der Waals surface area contributed by atoms with E-state index in [2.05, 4.69) is 26.3 Å². The SMILES string of the molecule is O=C(Cn1nc(-c2ccc(Cl)cc2)ccc1=O)Nc1ccc(Br)cc1. The number of carbonyl (C=O) groups is 1. The number of rotatable bonds is 4. The second kappa shape index (κ2) is 7.63. The molecule has 0 saturated heterocycles. The molecule has 0 fully saturated rings. The quantitative estimate of drug-likeness (QED) is 0.697. The van der Waals surface area contributed by atoms with Crippen molar-refractivity contribution < 1.29 is 4.79 Å². The van der Waals surface area contributed by atoms with Crippen LogP contribution in [0.2, 0.25) is 5.02 Å². The number of nitrogens with one attached hydrogen (secondary N) is 1. The van der Waals surface area contributed by atoms with Gasteiger partial charge >= 0.3 is 0 Å². The van der Waals surface area contributed by atoms with Crippen molar-refractivity contribution in [3.05, 3.63) is 80.5 Å². The number of amides is 1. The zero-order valence-electron chi connectivity index (χ0n) is 12.9. The summed E-state index contributed by atoms with van der Waals surface area (Å²) in [6, 6.07) is 17.3. The zero-order valence-corrected chi connectivity index (χ0v) is 15.3. The number of anilines is 1. The molecule has 0 radical (unpaired) electrons. The average molecular weight is 419 g/mol. The highest BCUT2D eigenvalue weighted by atomic mass is 79.9. The molecule has 1 amide bonds. The first-order valence-electron chi connectivity index (χ1n) is 7.41. The van der Waals surface area contributed by atoms with E-state index >= 15 is 0 Å². The molecule has 2 aromatic carbocycles. The molecule has 0 unspecified atom stereocenters. The number of hydrogen-bond donors (Lipinski definition) is 1. The normalized spacial score (nSPS) is 10.5. The summed E-state index contributed by atoms with van der Waals surface area (Å²) in [7, 11) is 0. The monoisotopic (exact) mass is 417 g/mol. The van der Waals surface area contributed by atoms with Crippen LogP contribution in [0.3, 0.4) is 0 Å². The summed E-state index contributed by atoms with van der Waals surface area (Å²) in [5.74, 6) is -0.329. The first-order chi connectivity index (χ1) is 12.0. The number of hydrogen-bond acceptors (Lipinski definition) is 3. The average Bonchev–Trinajstić information content (AvgIpc) is 2.60. The Morgan fingerprint density at radius 3 is 2.40 bits per heavy atom. The maximum Gasteiger partial charge on any atom is 0.267 e. The van der Waals surface area contributed by atoms with Crippen LogP contribution in [0.4, 0.5) is 5.69 Å². The Morgan fingerprint density at radius 1 is 1.04 bits per heavy atom. The van der Waals surface area contributed by atoms with E-state index in [-0.39, 0.29) is 18.0 Å². The standard InChI is InChI=1S/C18H13BrClN3O2/c19-13-3-7-15(8-4-13)21-17(24)11-23-18(25)10-9-16(22-23)12-1-5-14(20)6-2-12/h1-10H,11H2,(H,21,24). The summed E-state index contributed by atoms with van der Waals surface area (Å²) >= 11 is 9.21. The Morgan fingerprint density at radius 2 is 1.72 bits per heavy atom. The third kappa shape index (κ3) is 4.55. The van der Waals surface area contributed by atoms with E-state index in [4.69, 9.17) is 11.6 Å². The largest absolute Gasteiger partial charge is 0.324 e. The summed E-state index contributed by atoms with van der Waals surface area (Å²) in [4.78, 5) is 24.2. The van der Waals surface area contributed by atoms with Gasteiger partial charge in [-0.3, -0.25) is 9.59 Å². The summed E-state index contributed by atoms with van der Waals surface area (Å²) < 4.78 is 2.05. The lowest BCUT2D eigenvalue weighted by Crippen LogP contribution is -2.29. The van der Waals surface area contributed by atoms with E-state index in [1.807, 2.05) is 12.1 Å². The second-order valence-corrected chi connectivity index (χ2v) is 6.63. The van der Waals surface area contributed by atoms with Gasteiger partial charge < -0.3 is 5.32 Å². The maximum atomic E-state index is 12.2. The van der Waals surface area contributed by atoms with Gasteiger partial charge in [-0.05, 0) is 42.5 Å². The number of nitrogens with zero attached hydrogens (tertiary/aromatic N) is 2. The highest BCUT2D eigenvalue weighted by Crippen LogP contribution is 2.18. The Labute approximate surface area is 157 Å². The van der Waals surface area contributed by atoms with Gasteiger partial charge in [-0.25, -0.2) is 4.68 Å². The molecule has 0 aliphatic carbocycles. The molecule has 0 spiro atoms. The molecule has 126 valence electrons. The van der Waals surface area contributed by atoms with Crippen LogP contribution in [0.1, 0.15) is 0 Å². The lowest BCUT2D eigenvalue weighted by Gasteiger charge is -2.08. The summed E-state index contributed by atoms with van der Waals surface area (Å²) in [6.07, 6.45) is 0. The van der Waals surface area contributed by atoms with Crippen molar-refractivity contribution in [2.75, 3.05) is 5.32 Å². The Kier molecular flexibility index (Phi) is 5.31. The van der Waals surface area contributed by atoms with Crippen molar-refractivity contribution in [3.8, 4) is 11.3 Å². The van der Waals surface area contributed by atoms with Gasteiger partial charge in [0.05, 0.1) is 5.69 Å². The van der Waals surface area contributed by atoms with Gasteiger partial charge in [0.15, 0.2) is 0 Å². The van der Waals surface area contributed by atoms with Crippen molar-refractivity contribution in [2.24, 2.45) is 0 Å². The lowest BCUT2D eigenvalue weighted by molar-refractivity contribution is -0.117. The van der Waals surface area contributed by atoms with Crippen LogP contribution in [0, 0.1) is 0 Å². The van der Waals surface area contributed by atoms with Crippen LogP contribution in [0.15, 0.2) is 69.9 Å². The van der Waals surface area contributed by atoms with E-state index in [0.29, 0.717) is 16.4 Å². The third-order valence-corrected chi connectivity index (χ3v) is 4.21. The predicted molar refractivity (Wildman–Crippen MR) is 102 cm³/mol. The molecule has 3 aromatic rings. The van der Waals surface area contributed by atoms with Gasteiger partial charge in [-0.1, -0.05) is 39.7 Å². The molecular formula is C18H13BrClN3O2. The lowest BCUT2D eigenvalue weighted by atomic mass is 10.1. The van der Waals surface area contributed by atoms with Gasteiger partial charge in [-0.15, -0.1) is 0 Å². The first kappa shape index (κ1) is 17.4. The molecule has 0 bridgehead atoms. The van der Waals surface area contributed by atoms with Crippen LogP contribution < -0.4 is 10.9 Å². The Hall–Kier alpha value is -2.44. The topological polar surface area (TPSA) is 64.0 Å². The minimum Gasteiger partial charge on any atom is -0.324 e. The summed E-state index contributed by atoms with van der Waals surface area (Å²) in [5.41, 5.74) is 1.71. The van der Waals surface area contributed by atoms with E-state index in [9.17, 15) is 9.59 Å². The molecule has 1 heterocycles. The van der Waals surface area contributed by atoms with E-state index in [1.54, 1.807) is 42.5 Å². The van der Waals surface area contributed by atoms with Crippen molar-refractivity contribution in [3.63, 3.8) is 0 Å². The summed E-state index contributed by atoms with van der Waals surface area (Å²) in [6.45, 7) is -0.170. The molecule has 0 aliphatic heterocycles. The van der Waals surface area contributed by atoms with Crippen molar-refractivity contribution in [1.82, 2.24) is 9.78 Å². The molecule has 0 aliphatic rings. The van der Waals surface area contributed by atoms with Gasteiger partial charge in [0.25, 0.3) is 5.56 Å². The van der Waals surface area contributed by atoms with Crippen LogP contribution in [0.25, 0.3) is 11.3 Å². The predicted octanol–water partition coefficient (Wildman–Crippen LogP) is 3.96. The first-order valence-corrected chi connectivity index (χ1v) is 8.58. The van der Waals surface area contributed by atoms with Crippen molar-refractivity contribution >= 4 is 39.1 Å². The highest BCUT2D eigenvalue weighted by Gasteiger charge is 2.08. The fourth-order valence-corrected chi connectivity index (χ4v) is 2.60. The van der Waals surface area contributed by atoms with E-state index < -0.39 is 0 Å². The minimum absolute atomic E-state index is 0.170. The molecule has 0 atom stereocenters.